The second kappa shape index (κ2) is 6.29. The highest BCUT2D eigenvalue weighted by Crippen LogP contribution is 2.07. The molecular weight excluding hydrogens is 258 g/mol. The molecule has 0 unspecified atom stereocenters. The standard InChI is InChI=1S/C14H17N3O3/c1-17(8-7-13(18)20-2)9-12-14(19)16-11-6-4-3-5-10(11)15-12/h3-6H,7-9H2,1-2H3,(H,16,19). The third-order valence-corrected chi connectivity index (χ3v) is 3.01. The van der Waals surface area contributed by atoms with Gasteiger partial charge in [0.2, 0.25) is 0 Å². The summed E-state index contributed by atoms with van der Waals surface area (Å²) in [5.74, 6) is -0.266. The Balaban J connectivity index is 2.11. The predicted octanol–water partition coefficient (Wildman–Crippen LogP) is 0.918. The van der Waals surface area contributed by atoms with Crippen LogP contribution in [0.15, 0.2) is 29.1 Å². The molecule has 0 saturated heterocycles. The molecule has 0 saturated carbocycles. The Bertz CT molecular complexity index is 666. The molecule has 1 aromatic carbocycles. The van der Waals surface area contributed by atoms with E-state index in [4.69, 9.17) is 0 Å². The fraction of sp³-hybridized carbons (Fsp3) is 0.357. The topological polar surface area (TPSA) is 75.3 Å². The third kappa shape index (κ3) is 3.42. The molecule has 0 bridgehead atoms. The minimum Gasteiger partial charge on any atom is -0.469 e. The average molecular weight is 275 g/mol. The number of methoxy groups -OCH3 is 1. The molecule has 0 aliphatic carbocycles. The van der Waals surface area contributed by atoms with Gasteiger partial charge in [0, 0.05) is 13.1 Å². The van der Waals surface area contributed by atoms with Crippen molar-refractivity contribution in [1.29, 1.82) is 0 Å². The van der Waals surface area contributed by atoms with E-state index < -0.39 is 0 Å². The van der Waals surface area contributed by atoms with Crippen molar-refractivity contribution in [2.75, 3.05) is 20.7 Å². The molecular formula is C14H17N3O3. The minimum atomic E-state index is -0.266. The van der Waals surface area contributed by atoms with E-state index in [-0.39, 0.29) is 11.5 Å². The molecule has 0 aliphatic heterocycles. The molecule has 6 nitrogen and oxygen atoms in total. The van der Waals surface area contributed by atoms with Crippen molar-refractivity contribution in [3.05, 3.63) is 40.3 Å². The number of H-pyrrole nitrogens is 1. The minimum absolute atomic E-state index is 0.200. The van der Waals surface area contributed by atoms with Crippen LogP contribution >= 0.6 is 0 Å². The zero-order chi connectivity index (χ0) is 14.5. The quantitative estimate of drug-likeness (QED) is 0.821. The van der Waals surface area contributed by atoms with Crippen molar-refractivity contribution < 1.29 is 9.53 Å². The molecule has 1 heterocycles. The van der Waals surface area contributed by atoms with E-state index in [9.17, 15) is 9.59 Å². The molecule has 0 spiro atoms. The van der Waals surface area contributed by atoms with Crippen LogP contribution in [0.2, 0.25) is 0 Å². The van der Waals surface area contributed by atoms with Crippen molar-refractivity contribution in [2.45, 2.75) is 13.0 Å². The second-order valence-electron chi connectivity index (χ2n) is 4.59. The summed E-state index contributed by atoms with van der Waals surface area (Å²) >= 11 is 0. The maximum absolute atomic E-state index is 11.9. The molecule has 106 valence electrons. The van der Waals surface area contributed by atoms with Gasteiger partial charge in [-0.3, -0.25) is 14.5 Å². The van der Waals surface area contributed by atoms with E-state index >= 15 is 0 Å². The van der Waals surface area contributed by atoms with E-state index in [1.807, 2.05) is 36.2 Å². The lowest BCUT2D eigenvalue weighted by Gasteiger charge is -2.14. The Morgan fingerprint density at radius 3 is 2.90 bits per heavy atom. The Hall–Kier alpha value is -2.21. The first kappa shape index (κ1) is 14.2. The van der Waals surface area contributed by atoms with Crippen LogP contribution in [0.5, 0.6) is 0 Å². The number of aromatic nitrogens is 2. The maximum Gasteiger partial charge on any atom is 0.306 e. The number of nitrogens with one attached hydrogen (secondary N) is 1. The number of esters is 1. The zero-order valence-electron chi connectivity index (χ0n) is 11.5. The van der Waals surface area contributed by atoms with Gasteiger partial charge >= 0.3 is 5.97 Å². The van der Waals surface area contributed by atoms with Crippen LogP contribution in [0.1, 0.15) is 12.1 Å². The lowest BCUT2D eigenvalue weighted by Crippen LogP contribution is -2.27. The van der Waals surface area contributed by atoms with Crippen molar-refractivity contribution in [3.8, 4) is 0 Å². The van der Waals surface area contributed by atoms with Gasteiger partial charge in [-0.25, -0.2) is 4.98 Å². The first-order valence-electron chi connectivity index (χ1n) is 6.33. The first-order chi connectivity index (χ1) is 9.60. The van der Waals surface area contributed by atoms with Crippen molar-refractivity contribution >= 4 is 17.0 Å². The Kier molecular flexibility index (Phi) is 4.47. The highest BCUT2D eigenvalue weighted by atomic mass is 16.5. The van der Waals surface area contributed by atoms with E-state index in [0.29, 0.717) is 25.2 Å². The molecule has 2 aromatic rings. The monoisotopic (exact) mass is 275 g/mol. The van der Waals surface area contributed by atoms with Crippen LogP contribution in [0.25, 0.3) is 11.0 Å². The Morgan fingerprint density at radius 2 is 2.15 bits per heavy atom. The second-order valence-corrected chi connectivity index (χ2v) is 4.59. The summed E-state index contributed by atoms with van der Waals surface area (Å²) in [6.07, 6.45) is 0.290. The number of fused-ring (bicyclic) bond motifs is 1. The number of hydrogen-bond acceptors (Lipinski definition) is 5. The van der Waals surface area contributed by atoms with Crippen LogP contribution in [-0.2, 0) is 16.1 Å². The summed E-state index contributed by atoms with van der Waals surface area (Å²) in [7, 11) is 3.19. The first-order valence-corrected chi connectivity index (χ1v) is 6.33. The predicted molar refractivity (Wildman–Crippen MR) is 75.3 cm³/mol. The van der Waals surface area contributed by atoms with E-state index in [1.165, 1.54) is 7.11 Å². The summed E-state index contributed by atoms with van der Waals surface area (Å²) in [5.41, 5.74) is 1.71. The van der Waals surface area contributed by atoms with Gasteiger partial charge in [-0.05, 0) is 19.2 Å². The summed E-state index contributed by atoms with van der Waals surface area (Å²) in [6, 6.07) is 7.39. The van der Waals surface area contributed by atoms with Gasteiger partial charge in [-0.15, -0.1) is 0 Å². The van der Waals surface area contributed by atoms with Crippen LogP contribution < -0.4 is 5.56 Å². The van der Waals surface area contributed by atoms with E-state index in [1.54, 1.807) is 0 Å². The SMILES string of the molecule is COC(=O)CCN(C)Cc1nc2ccccc2[nH]c1=O. The summed E-state index contributed by atoms with van der Waals surface area (Å²) in [4.78, 5) is 32.0. The molecule has 2 rings (SSSR count). The lowest BCUT2D eigenvalue weighted by atomic mass is 10.3. The van der Waals surface area contributed by atoms with Gasteiger partial charge in [0.1, 0.15) is 5.69 Å². The van der Waals surface area contributed by atoms with Gasteiger partial charge in [-0.2, -0.15) is 0 Å². The van der Waals surface area contributed by atoms with Gasteiger partial charge in [-0.1, -0.05) is 12.1 Å². The smallest absolute Gasteiger partial charge is 0.306 e. The van der Waals surface area contributed by atoms with Crippen molar-refractivity contribution in [1.82, 2.24) is 14.9 Å². The molecule has 0 amide bonds. The molecule has 1 aromatic heterocycles. The van der Waals surface area contributed by atoms with Gasteiger partial charge in [0.05, 0.1) is 24.6 Å². The molecule has 20 heavy (non-hydrogen) atoms. The van der Waals surface area contributed by atoms with Crippen molar-refractivity contribution in [3.63, 3.8) is 0 Å². The normalized spacial score (nSPS) is 10.9. The average Bonchev–Trinajstić information content (AvgIpc) is 2.45. The molecule has 6 heteroatoms. The Morgan fingerprint density at radius 1 is 1.40 bits per heavy atom. The number of benzene rings is 1. The number of aromatic amines is 1. The van der Waals surface area contributed by atoms with E-state index in [0.717, 1.165) is 11.0 Å². The van der Waals surface area contributed by atoms with Crippen LogP contribution in [0, 0.1) is 0 Å². The van der Waals surface area contributed by atoms with Gasteiger partial charge in [0.15, 0.2) is 0 Å². The summed E-state index contributed by atoms with van der Waals surface area (Å²) in [6.45, 7) is 0.901. The molecule has 0 radical (unpaired) electrons. The molecule has 0 atom stereocenters. The highest BCUT2D eigenvalue weighted by molar-refractivity contribution is 5.73. The zero-order valence-corrected chi connectivity index (χ0v) is 11.5. The lowest BCUT2D eigenvalue weighted by molar-refractivity contribution is -0.140. The summed E-state index contributed by atoms with van der Waals surface area (Å²) in [5, 5.41) is 0. The van der Waals surface area contributed by atoms with Crippen LogP contribution in [-0.4, -0.2) is 41.5 Å². The Labute approximate surface area is 116 Å². The fourth-order valence-electron chi connectivity index (χ4n) is 1.89. The third-order valence-electron chi connectivity index (χ3n) is 3.01. The number of para-hydroxylation sites is 2. The molecule has 0 aliphatic rings. The van der Waals surface area contributed by atoms with E-state index in [2.05, 4.69) is 14.7 Å². The number of carbonyl (C=O) groups is 1. The van der Waals surface area contributed by atoms with Gasteiger partial charge in [0.25, 0.3) is 5.56 Å². The van der Waals surface area contributed by atoms with Crippen molar-refractivity contribution in [2.24, 2.45) is 0 Å². The molecule has 1 N–H and O–H groups in total. The number of carbonyl (C=O) groups excluding carboxylic acids is 1. The number of ether oxygens (including phenoxy) is 1. The van der Waals surface area contributed by atoms with Gasteiger partial charge < -0.3 is 9.72 Å². The summed E-state index contributed by atoms with van der Waals surface area (Å²) < 4.78 is 4.58. The fourth-order valence-corrected chi connectivity index (χ4v) is 1.89. The number of nitrogens with zero attached hydrogens (tertiary/aromatic N) is 2. The largest absolute Gasteiger partial charge is 0.469 e. The maximum atomic E-state index is 11.9. The highest BCUT2D eigenvalue weighted by Gasteiger charge is 2.09. The number of rotatable bonds is 5. The number of hydrogen-bond donors (Lipinski definition) is 1. The van der Waals surface area contributed by atoms with Crippen LogP contribution in [0.4, 0.5) is 0 Å². The van der Waals surface area contributed by atoms with Crippen LogP contribution in [0.3, 0.4) is 0 Å². The molecule has 0 fully saturated rings.